The third-order valence-corrected chi connectivity index (χ3v) is 4.66. The van der Waals surface area contributed by atoms with Crippen LogP contribution in [0.5, 0.6) is 0 Å². The minimum atomic E-state index is -0.280. The Kier molecular flexibility index (Phi) is 4.59. The van der Waals surface area contributed by atoms with Crippen LogP contribution >= 0.6 is 11.3 Å². The summed E-state index contributed by atoms with van der Waals surface area (Å²) < 4.78 is 1.62. The highest BCUT2D eigenvalue weighted by atomic mass is 32.1. The Morgan fingerprint density at radius 3 is 2.55 bits per heavy atom. The molecule has 0 aliphatic carbocycles. The van der Waals surface area contributed by atoms with Crippen molar-refractivity contribution in [2.75, 3.05) is 13.1 Å². The van der Waals surface area contributed by atoms with Crippen molar-refractivity contribution in [1.29, 1.82) is 0 Å². The SMILES string of the molecule is Cc1csc(=O)n1CCC(=O)N1CCC(C(N)=O)CC1. The Hall–Kier alpha value is -1.63. The van der Waals surface area contributed by atoms with Crippen molar-refractivity contribution in [2.45, 2.75) is 32.7 Å². The summed E-state index contributed by atoms with van der Waals surface area (Å²) >= 11 is 1.15. The number of carbonyl (C=O) groups excluding carboxylic acids is 2. The maximum absolute atomic E-state index is 12.1. The van der Waals surface area contributed by atoms with Gasteiger partial charge in [0.05, 0.1) is 0 Å². The Morgan fingerprint density at radius 2 is 2.05 bits per heavy atom. The zero-order chi connectivity index (χ0) is 14.7. The van der Waals surface area contributed by atoms with Crippen LogP contribution in [0.2, 0.25) is 0 Å². The molecule has 0 saturated carbocycles. The molecule has 6 nitrogen and oxygen atoms in total. The fourth-order valence-electron chi connectivity index (χ4n) is 2.45. The van der Waals surface area contributed by atoms with E-state index in [-0.39, 0.29) is 22.6 Å². The second-order valence-corrected chi connectivity index (χ2v) is 5.92. The van der Waals surface area contributed by atoms with E-state index in [1.54, 1.807) is 14.8 Å². The number of rotatable bonds is 4. The molecule has 20 heavy (non-hydrogen) atoms. The van der Waals surface area contributed by atoms with E-state index in [1.807, 2.05) is 6.92 Å². The van der Waals surface area contributed by atoms with Crippen LogP contribution in [0.25, 0.3) is 0 Å². The molecule has 1 saturated heterocycles. The molecule has 2 rings (SSSR count). The summed E-state index contributed by atoms with van der Waals surface area (Å²) in [6.07, 6.45) is 1.59. The highest BCUT2D eigenvalue weighted by molar-refractivity contribution is 7.07. The van der Waals surface area contributed by atoms with Gasteiger partial charge < -0.3 is 15.2 Å². The van der Waals surface area contributed by atoms with Gasteiger partial charge in [-0.3, -0.25) is 14.4 Å². The second-order valence-electron chi connectivity index (χ2n) is 5.10. The molecule has 2 amide bonds. The van der Waals surface area contributed by atoms with Crippen LogP contribution in [-0.2, 0) is 16.1 Å². The second kappa shape index (κ2) is 6.21. The number of amides is 2. The van der Waals surface area contributed by atoms with E-state index in [0.29, 0.717) is 38.9 Å². The highest BCUT2D eigenvalue weighted by Crippen LogP contribution is 2.17. The number of hydrogen-bond donors (Lipinski definition) is 1. The lowest BCUT2D eigenvalue weighted by Crippen LogP contribution is -2.42. The zero-order valence-electron chi connectivity index (χ0n) is 11.5. The predicted molar refractivity (Wildman–Crippen MR) is 76.4 cm³/mol. The van der Waals surface area contributed by atoms with Crippen molar-refractivity contribution < 1.29 is 9.59 Å². The molecular formula is C13H19N3O3S. The van der Waals surface area contributed by atoms with Crippen LogP contribution < -0.4 is 10.6 Å². The number of carbonyl (C=O) groups is 2. The molecule has 1 aliphatic rings. The Bertz CT molecular complexity index is 555. The maximum Gasteiger partial charge on any atom is 0.307 e. The molecule has 110 valence electrons. The summed E-state index contributed by atoms with van der Waals surface area (Å²) in [7, 11) is 0. The monoisotopic (exact) mass is 297 g/mol. The number of primary amides is 1. The minimum Gasteiger partial charge on any atom is -0.369 e. The summed E-state index contributed by atoms with van der Waals surface area (Å²) in [5.74, 6) is -0.358. The van der Waals surface area contributed by atoms with Crippen molar-refractivity contribution >= 4 is 23.2 Å². The fourth-order valence-corrected chi connectivity index (χ4v) is 3.21. The molecule has 0 atom stereocenters. The first-order valence-corrected chi connectivity index (χ1v) is 7.59. The van der Waals surface area contributed by atoms with E-state index >= 15 is 0 Å². The van der Waals surface area contributed by atoms with Crippen molar-refractivity contribution in [3.63, 3.8) is 0 Å². The average molecular weight is 297 g/mol. The minimum absolute atomic E-state index is 0.0252. The molecule has 2 heterocycles. The number of piperidine rings is 1. The topological polar surface area (TPSA) is 85.4 Å². The molecule has 1 aromatic heterocycles. The quantitative estimate of drug-likeness (QED) is 0.869. The summed E-state index contributed by atoms with van der Waals surface area (Å²) in [4.78, 5) is 36.4. The van der Waals surface area contributed by atoms with Gasteiger partial charge in [0.15, 0.2) is 0 Å². The molecule has 0 spiro atoms. The molecule has 0 radical (unpaired) electrons. The van der Waals surface area contributed by atoms with Crippen LogP contribution in [0.15, 0.2) is 10.2 Å². The van der Waals surface area contributed by atoms with Crippen LogP contribution in [0, 0.1) is 12.8 Å². The lowest BCUT2D eigenvalue weighted by atomic mass is 9.96. The van der Waals surface area contributed by atoms with Gasteiger partial charge in [-0.2, -0.15) is 0 Å². The van der Waals surface area contributed by atoms with E-state index in [4.69, 9.17) is 5.73 Å². The standard InChI is InChI=1S/C13H19N3O3S/c1-9-8-20-13(19)16(9)7-4-11(17)15-5-2-10(3-6-15)12(14)18/h8,10H,2-7H2,1H3,(H2,14,18). The van der Waals surface area contributed by atoms with Crippen molar-refractivity contribution in [3.8, 4) is 0 Å². The van der Waals surface area contributed by atoms with E-state index in [0.717, 1.165) is 17.0 Å². The van der Waals surface area contributed by atoms with E-state index < -0.39 is 0 Å². The van der Waals surface area contributed by atoms with E-state index in [9.17, 15) is 14.4 Å². The first-order chi connectivity index (χ1) is 9.49. The predicted octanol–water partition coefficient (Wildman–Crippen LogP) is 0.332. The third-order valence-electron chi connectivity index (χ3n) is 3.78. The van der Waals surface area contributed by atoms with Gasteiger partial charge in [0, 0.05) is 43.0 Å². The Morgan fingerprint density at radius 1 is 1.40 bits per heavy atom. The smallest absolute Gasteiger partial charge is 0.307 e. The first kappa shape index (κ1) is 14.8. The lowest BCUT2D eigenvalue weighted by Gasteiger charge is -2.30. The van der Waals surface area contributed by atoms with Gasteiger partial charge in [-0.05, 0) is 19.8 Å². The molecule has 2 N–H and O–H groups in total. The number of aromatic nitrogens is 1. The average Bonchev–Trinajstić information content (AvgIpc) is 2.75. The van der Waals surface area contributed by atoms with E-state index in [1.165, 1.54) is 0 Å². The van der Waals surface area contributed by atoms with Gasteiger partial charge in [-0.1, -0.05) is 11.3 Å². The number of likely N-dealkylation sites (tertiary alicyclic amines) is 1. The molecule has 0 aromatic carbocycles. The Balaban J connectivity index is 1.85. The summed E-state index contributed by atoms with van der Waals surface area (Å²) in [6, 6.07) is 0. The first-order valence-electron chi connectivity index (χ1n) is 6.71. The van der Waals surface area contributed by atoms with Crippen LogP contribution in [-0.4, -0.2) is 34.4 Å². The number of hydrogen-bond acceptors (Lipinski definition) is 4. The molecule has 1 fully saturated rings. The van der Waals surface area contributed by atoms with Crippen LogP contribution in [0.3, 0.4) is 0 Å². The molecule has 1 aliphatic heterocycles. The van der Waals surface area contributed by atoms with Crippen molar-refractivity contribution in [2.24, 2.45) is 11.7 Å². The third kappa shape index (κ3) is 3.27. The van der Waals surface area contributed by atoms with Gasteiger partial charge in [0.25, 0.3) is 0 Å². The van der Waals surface area contributed by atoms with Gasteiger partial charge in [-0.15, -0.1) is 0 Å². The molecule has 1 aromatic rings. The molecule has 7 heteroatoms. The van der Waals surface area contributed by atoms with Crippen molar-refractivity contribution in [3.05, 3.63) is 20.7 Å². The normalized spacial score (nSPS) is 16.4. The van der Waals surface area contributed by atoms with Gasteiger partial charge in [-0.25, -0.2) is 0 Å². The fraction of sp³-hybridized carbons (Fsp3) is 0.615. The molecule has 0 unspecified atom stereocenters. The van der Waals surface area contributed by atoms with Gasteiger partial charge in [0.2, 0.25) is 11.8 Å². The lowest BCUT2D eigenvalue weighted by molar-refractivity contribution is -0.135. The largest absolute Gasteiger partial charge is 0.369 e. The van der Waals surface area contributed by atoms with Gasteiger partial charge >= 0.3 is 4.87 Å². The van der Waals surface area contributed by atoms with Crippen LogP contribution in [0.4, 0.5) is 0 Å². The Labute approximate surface area is 121 Å². The number of aryl methyl sites for hydroxylation is 1. The maximum atomic E-state index is 12.1. The summed E-state index contributed by atoms with van der Waals surface area (Å²) in [5, 5.41) is 1.80. The molecular weight excluding hydrogens is 278 g/mol. The molecule has 0 bridgehead atoms. The van der Waals surface area contributed by atoms with E-state index in [2.05, 4.69) is 0 Å². The van der Waals surface area contributed by atoms with Crippen molar-refractivity contribution in [1.82, 2.24) is 9.47 Å². The zero-order valence-corrected chi connectivity index (χ0v) is 12.3. The summed E-state index contributed by atoms with van der Waals surface area (Å²) in [5.41, 5.74) is 6.15. The number of nitrogens with two attached hydrogens (primary N) is 1. The number of nitrogens with zero attached hydrogens (tertiary/aromatic N) is 2. The van der Waals surface area contributed by atoms with Gasteiger partial charge in [0.1, 0.15) is 0 Å². The highest BCUT2D eigenvalue weighted by Gasteiger charge is 2.25. The van der Waals surface area contributed by atoms with Crippen LogP contribution in [0.1, 0.15) is 25.0 Å². The summed E-state index contributed by atoms with van der Waals surface area (Å²) in [6.45, 7) is 3.43. The number of thiazole rings is 1.